The fraction of sp³-hybridized carbons (Fsp3) is 1.00. The second-order valence-corrected chi connectivity index (χ2v) is 8.60. The fourth-order valence-electron chi connectivity index (χ4n) is 7.07. The molecule has 1 heterocycles. The minimum Gasteiger partial charge on any atom is -0.329 e. The van der Waals surface area contributed by atoms with Crippen molar-refractivity contribution in [1.82, 2.24) is 4.90 Å². The molecule has 4 saturated carbocycles. The van der Waals surface area contributed by atoms with Crippen LogP contribution in [-0.2, 0) is 0 Å². The zero-order valence-electron chi connectivity index (χ0n) is 13.9. The summed E-state index contributed by atoms with van der Waals surface area (Å²) in [6, 6.07) is 0.813. The highest BCUT2D eigenvalue weighted by atomic mass is 15.3. The van der Waals surface area contributed by atoms with Gasteiger partial charge in [-0.25, -0.2) is 0 Å². The molecule has 2 heteroatoms. The number of nitrogens with two attached hydrogens (primary N) is 1. The molecule has 4 aliphatic carbocycles. The van der Waals surface area contributed by atoms with Crippen molar-refractivity contribution in [3.63, 3.8) is 0 Å². The zero-order valence-corrected chi connectivity index (χ0v) is 13.9. The third-order valence-corrected chi connectivity index (χ3v) is 7.76. The van der Waals surface area contributed by atoms with Crippen LogP contribution in [0.5, 0.6) is 0 Å². The number of hydrogen-bond acceptors (Lipinski definition) is 2. The van der Waals surface area contributed by atoms with Crippen LogP contribution in [0.15, 0.2) is 0 Å². The largest absolute Gasteiger partial charge is 0.329 e. The van der Waals surface area contributed by atoms with Crippen LogP contribution in [0.2, 0.25) is 0 Å². The lowest BCUT2D eigenvalue weighted by atomic mass is 9.48. The highest BCUT2D eigenvalue weighted by molar-refractivity contribution is 5.13. The summed E-state index contributed by atoms with van der Waals surface area (Å²) in [5.74, 6) is 3.95. The van der Waals surface area contributed by atoms with E-state index in [1.165, 1.54) is 64.3 Å². The Balaban J connectivity index is 1.68. The van der Waals surface area contributed by atoms with Gasteiger partial charge in [0.2, 0.25) is 0 Å². The molecule has 4 bridgehead atoms. The van der Waals surface area contributed by atoms with Gasteiger partial charge in [-0.2, -0.15) is 0 Å². The van der Waals surface area contributed by atoms with Crippen LogP contribution >= 0.6 is 0 Å². The van der Waals surface area contributed by atoms with Crippen molar-refractivity contribution in [3.8, 4) is 0 Å². The first kappa shape index (κ1) is 14.5. The van der Waals surface area contributed by atoms with Crippen LogP contribution < -0.4 is 5.73 Å². The molecule has 0 radical (unpaired) electrons. The molecule has 1 saturated heterocycles. The van der Waals surface area contributed by atoms with Crippen LogP contribution in [0, 0.1) is 23.7 Å². The van der Waals surface area contributed by atoms with Gasteiger partial charge in [0.15, 0.2) is 0 Å². The van der Waals surface area contributed by atoms with E-state index in [1.807, 2.05) is 0 Å². The lowest BCUT2D eigenvalue weighted by molar-refractivity contribution is -0.144. The van der Waals surface area contributed by atoms with Crippen molar-refractivity contribution in [3.05, 3.63) is 0 Å². The smallest absolute Gasteiger partial charge is 0.0391 e. The molecule has 5 fully saturated rings. The Bertz CT molecular complexity index is 350. The molecule has 2 N–H and O–H groups in total. The third kappa shape index (κ3) is 2.12. The predicted octanol–water partition coefficient (Wildman–Crippen LogP) is 3.79. The van der Waals surface area contributed by atoms with Gasteiger partial charge in [-0.15, -0.1) is 0 Å². The first-order valence-electron chi connectivity index (χ1n) is 9.74. The van der Waals surface area contributed by atoms with Crippen LogP contribution in [0.1, 0.15) is 71.1 Å². The maximum atomic E-state index is 6.55. The van der Waals surface area contributed by atoms with Gasteiger partial charge in [0.25, 0.3) is 0 Å². The number of nitrogens with zero attached hydrogens (tertiary/aromatic N) is 1. The molecule has 21 heavy (non-hydrogen) atoms. The topological polar surface area (TPSA) is 29.3 Å². The third-order valence-electron chi connectivity index (χ3n) is 7.76. The van der Waals surface area contributed by atoms with Gasteiger partial charge in [0, 0.05) is 18.1 Å². The van der Waals surface area contributed by atoms with E-state index in [9.17, 15) is 0 Å². The van der Waals surface area contributed by atoms with Crippen LogP contribution in [0.25, 0.3) is 0 Å². The standard InChI is InChI=1S/C19H34N2/c1-2-18-6-4-3-5-7-21(18)19(13-20)16-9-14-8-15(11-16)12-17(19)10-14/h14-18H,2-13,20H2,1H3. The Morgan fingerprint density at radius 3 is 2.19 bits per heavy atom. The minimum atomic E-state index is 0.387. The van der Waals surface area contributed by atoms with Gasteiger partial charge < -0.3 is 5.73 Å². The molecule has 0 amide bonds. The number of likely N-dealkylation sites (tertiary alicyclic amines) is 1. The maximum absolute atomic E-state index is 6.55. The zero-order chi connectivity index (χ0) is 14.4. The normalized spacial score (nSPS) is 50.3. The van der Waals surface area contributed by atoms with E-state index in [0.717, 1.165) is 36.3 Å². The van der Waals surface area contributed by atoms with Gasteiger partial charge in [-0.3, -0.25) is 4.90 Å². The molecular weight excluding hydrogens is 256 g/mol. The molecule has 0 aromatic heterocycles. The summed E-state index contributed by atoms with van der Waals surface area (Å²) in [6.07, 6.45) is 14.6. The average molecular weight is 290 g/mol. The highest BCUT2D eigenvalue weighted by Gasteiger charge is 2.59. The molecule has 5 rings (SSSR count). The van der Waals surface area contributed by atoms with Crippen molar-refractivity contribution in [2.24, 2.45) is 29.4 Å². The molecule has 0 aromatic carbocycles. The summed E-state index contributed by atoms with van der Waals surface area (Å²) in [7, 11) is 0. The Morgan fingerprint density at radius 2 is 1.62 bits per heavy atom. The molecule has 1 aliphatic heterocycles. The molecule has 2 nitrogen and oxygen atoms in total. The van der Waals surface area contributed by atoms with E-state index in [2.05, 4.69) is 11.8 Å². The Morgan fingerprint density at radius 1 is 0.952 bits per heavy atom. The van der Waals surface area contributed by atoms with Gasteiger partial charge in [0.1, 0.15) is 0 Å². The second kappa shape index (κ2) is 5.53. The van der Waals surface area contributed by atoms with Crippen molar-refractivity contribution in [2.75, 3.05) is 13.1 Å². The summed E-state index contributed by atoms with van der Waals surface area (Å²) >= 11 is 0. The average Bonchev–Trinajstić information content (AvgIpc) is 2.73. The lowest BCUT2D eigenvalue weighted by Crippen LogP contribution is -2.71. The van der Waals surface area contributed by atoms with E-state index in [1.54, 1.807) is 6.42 Å². The monoisotopic (exact) mass is 290 g/mol. The quantitative estimate of drug-likeness (QED) is 0.857. The van der Waals surface area contributed by atoms with Gasteiger partial charge in [-0.1, -0.05) is 19.8 Å². The first-order chi connectivity index (χ1) is 10.3. The van der Waals surface area contributed by atoms with Gasteiger partial charge >= 0.3 is 0 Å². The first-order valence-corrected chi connectivity index (χ1v) is 9.74. The van der Waals surface area contributed by atoms with Crippen molar-refractivity contribution in [2.45, 2.75) is 82.7 Å². The van der Waals surface area contributed by atoms with E-state index in [0.29, 0.717) is 5.54 Å². The highest BCUT2D eigenvalue weighted by Crippen LogP contribution is 2.60. The summed E-state index contributed by atoms with van der Waals surface area (Å²) in [5.41, 5.74) is 6.93. The Labute approximate surface area is 130 Å². The fourth-order valence-corrected chi connectivity index (χ4v) is 7.07. The SMILES string of the molecule is CCC1CCCCCN1C1(CN)C2CC3CC(C2)CC1C3. The van der Waals surface area contributed by atoms with Gasteiger partial charge in [0.05, 0.1) is 0 Å². The second-order valence-electron chi connectivity index (χ2n) is 8.60. The molecule has 0 spiro atoms. The number of rotatable bonds is 3. The molecular formula is C19H34N2. The van der Waals surface area contributed by atoms with Crippen LogP contribution in [0.3, 0.4) is 0 Å². The molecule has 1 unspecified atom stereocenters. The van der Waals surface area contributed by atoms with Gasteiger partial charge in [-0.05, 0) is 81.6 Å². The van der Waals surface area contributed by atoms with E-state index in [-0.39, 0.29) is 0 Å². The van der Waals surface area contributed by atoms with Crippen molar-refractivity contribution in [1.29, 1.82) is 0 Å². The summed E-state index contributed by atoms with van der Waals surface area (Å²) in [6.45, 7) is 4.67. The van der Waals surface area contributed by atoms with E-state index < -0.39 is 0 Å². The lowest BCUT2D eigenvalue weighted by Gasteiger charge is -2.65. The number of hydrogen-bond donors (Lipinski definition) is 1. The minimum absolute atomic E-state index is 0.387. The summed E-state index contributed by atoms with van der Waals surface area (Å²) in [4.78, 5) is 2.98. The summed E-state index contributed by atoms with van der Waals surface area (Å²) in [5, 5.41) is 0. The van der Waals surface area contributed by atoms with Crippen LogP contribution in [-0.4, -0.2) is 29.6 Å². The van der Waals surface area contributed by atoms with E-state index >= 15 is 0 Å². The molecule has 0 aromatic rings. The molecule has 5 aliphatic rings. The molecule has 1 atom stereocenters. The molecule has 120 valence electrons. The Kier molecular flexibility index (Phi) is 3.82. The van der Waals surface area contributed by atoms with E-state index in [4.69, 9.17) is 5.73 Å². The van der Waals surface area contributed by atoms with Crippen molar-refractivity contribution >= 4 is 0 Å². The summed E-state index contributed by atoms with van der Waals surface area (Å²) < 4.78 is 0. The predicted molar refractivity (Wildman–Crippen MR) is 88.1 cm³/mol. The maximum Gasteiger partial charge on any atom is 0.0391 e. The Hall–Kier alpha value is -0.0800. The van der Waals surface area contributed by atoms with Crippen LogP contribution in [0.4, 0.5) is 0 Å². The van der Waals surface area contributed by atoms with Crippen molar-refractivity contribution < 1.29 is 0 Å².